The van der Waals surface area contributed by atoms with Crippen LogP contribution in [0.5, 0.6) is 0 Å². The van der Waals surface area contributed by atoms with Crippen LogP contribution in [0.2, 0.25) is 0 Å². The summed E-state index contributed by atoms with van der Waals surface area (Å²) < 4.78 is 0. The van der Waals surface area contributed by atoms with E-state index in [1.807, 2.05) is 0 Å². The summed E-state index contributed by atoms with van der Waals surface area (Å²) in [6.45, 7) is 2.17. The lowest BCUT2D eigenvalue weighted by molar-refractivity contribution is -0.126. The van der Waals surface area contributed by atoms with Gasteiger partial charge >= 0.3 is 0 Å². The second-order valence-corrected chi connectivity index (χ2v) is 4.07. The predicted molar refractivity (Wildman–Crippen MR) is 44.2 cm³/mol. The molecule has 0 saturated heterocycles. The molecule has 0 aromatic carbocycles. The Balaban J connectivity index is 1.94. The number of rotatable bonds is 2. The van der Waals surface area contributed by atoms with Gasteiger partial charge in [-0.25, -0.2) is 0 Å². The summed E-state index contributed by atoms with van der Waals surface area (Å²) in [5.74, 6) is 2.38. The highest BCUT2D eigenvalue weighted by Gasteiger charge is 2.48. The Morgan fingerprint density at radius 2 is 2.27 bits per heavy atom. The van der Waals surface area contributed by atoms with E-state index in [-0.39, 0.29) is 0 Å². The number of hydrogen-bond acceptors (Lipinski definition) is 1. The maximum atomic E-state index is 11.6. The van der Waals surface area contributed by atoms with Crippen LogP contribution in [0.25, 0.3) is 0 Å². The molecule has 0 N–H and O–H groups in total. The number of Topliss-reactive ketones (excluding diaryl/α,β-unsaturated/α-hetero) is 1. The van der Waals surface area contributed by atoms with E-state index in [1.54, 1.807) is 0 Å². The summed E-state index contributed by atoms with van der Waals surface area (Å²) in [6, 6.07) is 0. The second kappa shape index (κ2) is 2.62. The highest BCUT2D eigenvalue weighted by Crippen LogP contribution is 2.49. The SMILES string of the molecule is CCCC1CCC2CC2C1=O. The molecule has 1 heteroatoms. The molecule has 0 bridgehead atoms. The van der Waals surface area contributed by atoms with Crippen molar-refractivity contribution < 1.29 is 4.79 Å². The molecule has 2 saturated carbocycles. The van der Waals surface area contributed by atoms with Gasteiger partial charge in [0.05, 0.1) is 0 Å². The third-order valence-electron chi connectivity index (χ3n) is 3.21. The van der Waals surface area contributed by atoms with Crippen LogP contribution >= 0.6 is 0 Å². The first-order valence-corrected chi connectivity index (χ1v) is 4.86. The predicted octanol–water partition coefficient (Wildman–Crippen LogP) is 2.40. The maximum absolute atomic E-state index is 11.6. The van der Waals surface area contributed by atoms with Gasteiger partial charge in [-0.15, -0.1) is 0 Å². The van der Waals surface area contributed by atoms with Crippen molar-refractivity contribution in [2.24, 2.45) is 17.8 Å². The summed E-state index contributed by atoms with van der Waals surface area (Å²) in [6.07, 6.45) is 6.06. The molecule has 3 atom stereocenters. The fourth-order valence-corrected chi connectivity index (χ4v) is 2.41. The Morgan fingerprint density at radius 1 is 1.45 bits per heavy atom. The van der Waals surface area contributed by atoms with Crippen LogP contribution < -0.4 is 0 Å². The van der Waals surface area contributed by atoms with Gasteiger partial charge in [-0.3, -0.25) is 4.79 Å². The molecule has 0 aromatic heterocycles. The first-order chi connectivity index (χ1) is 5.33. The monoisotopic (exact) mass is 152 g/mol. The van der Waals surface area contributed by atoms with Crippen LogP contribution in [-0.2, 0) is 4.79 Å². The van der Waals surface area contributed by atoms with Crippen molar-refractivity contribution in [3.05, 3.63) is 0 Å². The third-order valence-corrected chi connectivity index (χ3v) is 3.21. The lowest BCUT2D eigenvalue weighted by atomic mass is 9.85. The first-order valence-electron chi connectivity index (χ1n) is 4.86. The molecule has 2 aliphatic rings. The van der Waals surface area contributed by atoms with Crippen LogP contribution in [0.15, 0.2) is 0 Å². The highest BCUT2D eigenvalue weighted by molar-refractivity contribution is 5.86. The summed E-state index contributed by atoms with van der Waals surface area (Å²) in [4.78, 5) is 11.6. The smallest absolute Gasteiger partial charge is 0.139 e. The largest absolute Gasteiger partial charge is 0.299 e. The topological polar surface area (TPSA) is 17.1 Å². The van der Waals surface area contributed by atoms with E-state index in [4.69, 9.17) is 0 Å². The van der Waals surface area contributed by atoms with Crippen LogP contribution in [0, 0.1) is 17.8 Å². The Hall–Kier alpha value is -0.330. The lowest BCUT2D eigenvalue weighted by Gasteiger charge is -2.18. The van der Waals surface area contributed by atoms with Crippen molar-refractivity contribution in [1.29, 1.82) is 0 Å². The molecule has 3 unspecified atom stereocenters. The minimum Gasteiger partial charge on any atom is -0.299 e. The van der Waals surface area contributed by atoms with Crippen molar-refractivity contribution in [3.8, 4) is 0 Å². The van der Waals surface area contributed by atoms with E-state index in [1.165, 1.54) is 25.7 Å². The standard InChI is InChI=1S/C10H16O/c1-2-3-7-4-5-8-6-9(8)10(7)11/h7-9H,2-6H2,1H3. The van der Waals surface area contributed by atoms with Gasteiger partial charge in [0.25, 0.3) is 0 Å². The second-order valence-electron chi connectivity index (χ2n) is 4.07. The van der Waals surface area contributed by atoms with Crippen LogP contribution in [0.4, 0.5) is 0 Å². The van der Waals surface area contributed by atoms with Gasteiger partial charge in [0.1, 0.15) is 5.78 Å². The number of ketones is 1. The van der Waals surface area contributed by atoms with Gasteiger partial charge in [0.15, 0.2) is 0 Å². The Morgan fingerprint density at radius 3 is 3.00 bits per heavy atom. The minimum atomic E-state index is 0.448. The van der Waals surface area contributed by atoms with E-state index in [0.29, 0.717) is 17.6 Å². The summed E-state index contributed by atoms with van der Waals surface area (Å²) >= 11 is 0. The average molecular weight is 152 g/mol. The number of fused-ring (bicyclic) bond motifs is 1. The minimum absolute atomic E-state index is 0.448. The van der Waals surface area contributed by atoms with E-state index < -0.39 is 0 Å². The molecular weight excluding hydrogens is 136 g/mol. The average Bonchev–Trinajstić information content (AvgIpc) is 2.75. The molecule has 0 heterocycles. The number of hydrogen-bond donors (Lipinski definition) is 0. The van der Waals surface area contributed by atoms with Crippen molar-refractivity contribution in [1.82, 2.24) is 0 Å². The molecule has 2 aliphatic carbocycles. The van der Waals surface area contributed by atoms with Crippen molar-refractivity contribution in [3.63, 3.8) is 0 Å². The molecule has 0 radical (unpaired) electrons. The summed E-state index contributed by atoms with van der Waals surface area (Å²) in [7, 11) is 0. The Bertz CT molecular complexity index is 174. The molecule has 11 heavy (non-hydrogen) atoms. The van der Waals surface area contributed by atoms with Crippen LogP contribution in [0.3, 0.4) is 0 Å². The summed E-state index contributed by atoms with van der Waals surface area (Å²) in [5.41, 5.74) is 0. The molecule has 0 spiro atoms. The van der Waals surface area contributed by atoms with Gasteiger partial charge in [-0.2, -0.15) is 0 Å². The highest BCUT2D eigenvalue weighted by atomic mass is 16.1. The quantitative estimate of drug-likeness (QED) is 0.593. The van der Waals surface area contributed by atoms with E-state index in [2.05, 4.69) is 6.92 Å². The zero-order chi connectivity index (χ0) is 7.84. The fourth-order valence-electron chi connectivity index (χ4n) is 2.41. The first kappa shape index (κ1) is 7.33. The normalized spacial score (nSPS) is 41.9. The van der Waals surface area contributed by atoms with Crippen molar-refractivity contribution in [2.75, 3.05) is 0 Å². The van der Waals surface area contributed by atoms with E-state index in [0.717, 1.165) is 12.3 Å². The molecule has 2 fully saturated rings. The number of carbonyl (C=O) groups excluding carboxylic acids is 1. The zero-order valence-electron chi connectivity index (χ0n) is 7.18. The van der Waals surface area contributed by atoms with Gasteiger partial charge in [0, 0.05) is 11.8 Å². The maximum Gasteiger partial charge on any atom is 0.139 e. The Kier molecular flexibility index (Phi) is 1.74. The molecule has 1 nitrogen and oxygen atoms in total. The molecule has 0 aromatic rings. The van der Waals surface area contributed by atoms with Crippen molar-refractivity contribution >= 4 is 5.78 Å². The van der Waals surface area contributed by atoms with Gasteiger partial charge < -0.3 is 0 Å². The van der Waals surface area contributed by atoms with Crippen LogP contribution in [0.1, 0.15) is 39.0 Å². The fraction of sp³-hybridized carbons (Fsp3) is 0.900. The van der Waals surface area contributed by atoms with Crippen LogP contribution in [-0.4, -0.2) is 5.78 Å². The molecule has 0 aliphatic heterocycles. The molecule has 0 amide bonds. The van der Waals surface area contributed by atoms with Gasteiger partial charge in [-0.1, -0.05) is 13.3 Å². The third kappa shape index (κ3) is 1.21. The van der Waals surface area contributed by atoms with E-state index >= 15 is 0 Å². The summed E-state index contributed by atoms with van der Waals surface area (Å²) in [5, 5.41) is 0. The zero-order valence-corrected chi connectivity index (χ0v) is 7.18. The Labute approximate surface area is 68.2 Å². The molecular formula is C10H16O. The molecule has 2 rings (SSSR count). The number of carbonyl (C=O) groups is 1. The van der Waals surface area contributed by atoms with Gasteiger partial charge in [0.2, 0.25) is 0 Å². The van der Waals surface area contributed by atoms with Gasteiger partial charge in [-0.05, 0) is 31.6 Å². The lowest BCUT2D eigenvalue weighted by Crippen LogP contribution is -2.21. The van der Waals surface area contributed by atoms with Crippen molar-refractivity contribution in [2.45, 2.75) is 39.0 Å². The van der Waals surface area contributed by atoms with E-state index in [9.17, 15) is 4.79 Å². The molecule has 62 valence electrons.